The molecule has 0 saturated carbocycles. The van der Waals surface area contributed by atoms with E-state index in [1.165, 1.54) is 6.20 Å². The van der Waals surface area contributed by atoms with Crippen molar-refractivity contribution in [3.63, 3.8) is 0 Å². The Labute approximate surface area is 83.1 Å². The van der Waals surface area contributed by atoms with Gasteiger partial charge in [0.05, 0.1) is 6.20 Å². The molecular weight excluding hydrogens is 202 g/mol. The molecule has 0 aliphatic rings. The Morgan fingerprint density at radius 2 is 2.36 bits per heavy atom. The van der Waals surface area contributed by atoms with Crippen LogP contribution in [0.1, 0.15) is 9.67 Å². The monoisotopic (exact) mass is 207 g/mol. The molecule has 0 fully saturated rings. The molecule has 0 saturated heterocycles. The van der Waals surface area contributed by atoms with Crippen LogP contribution >= 0.6 is 11.3 Å². The highest BCUT2D eigenvalue weighted by molar-refractivity contribution is 7.16. The van der Waals surface area contributed by atoms with E-state index in [4.69, 9.17) is 5.11 Å². The normalized spacial score (nSPS) is 10.0. The number of nitrogens with zero attached hydrogens (tertiary/aromatic N) is 3. The van der Waals surface area contributed by atoms with Gasteiger partial charge in [-0.2, -0.15) is 5.10 Å². The van der Waals surface area contributed by atoms with Gasteiger partial charge in [0.1, 0.15) is 15.6 Å². The molecule has 14 heavy (non-hydrogen) atoms. The van der Waals surface area contributed by atoms with Gasteiger partial charge in [0.15, 0.2) is 0 Å². The zero-order valence-electron chi connectivity index (χ0n) is 6.91. The average Bonchev–Trinajstić information content (AvgIpc) is 2.68. The fraction of sp³-hybridized carbons (Fsp3) is 0. The molecule has 0 aromatic carbocycles. The van der Waals surface area contributed by atoms with Crippen LogP contribution in [0.5, 0.6) is 0 Å². The maximum atomic E-state index is 10.6. The molecule has 0 bridgehead atoms. The molecule has 0 aliphatic heterocycles. The predicted octanol–water partition coefficient (Wildman–Crippen LogP) is 1.30. The molecule has 6 heteroatoms. The molecule has 2 heterocycles. The lowest BCUT2D eigenvalue weighted by Crippen LogP contribution is -1.89. The molecule has 2 rings (SSSR count). The first-order valence-electron chi connectivity index (χ1n) is 3.74. The number of aromatic nitrogens is 3. The van der Waals surface area contributed by atoms with E-state index in [1.807, 2.05) is 0 Å². The Balaban J connectivity index is 2.39. The average molecular weight is 207 g/mol. The number of thiazole rings is 1. The van der Waals surface area contributed by atoms with Gasteiger partial charge in [0.25, 0.3) is 0 Å². The van der Waals surface area contributed by atoms with Crippen molar-refractivity contribution in [1.29, 1.82) is 0 Å². The summed E-state index contributed by atoms with van der Waals surface area (Å²) in [7, 11) is 0. The van der Waals surface area contributed by atoms with Crippen molar-refractivity contribution in [1.82, 2.24) is 15.2 Å². The number of aromatic carboxylic acids is 1. The summed E-state index contributed by atoms with van der Waals surface area (Å²) in [6.07, 6.45) is 2.87. The summed E-state index contributed by atoms with van der Waals surface area (Å²) in [6, 6.07) is 3.46. The summed E-state index contributed by atoms with van der Waals surface area (Å²) in [5, 5.41) is 16.8. The Morgan fingerprint density at radius 3 is 2.93 bits per heavy atom. The number of carboxylic acids is 1. The summed E-state index contributed by atoms with van der Waals surface area (Å²) in [5.41, 5.74) is 0.588. The smallest absolute Gasteiger partial charge is 0.347 e. The van der Waals surface area contributed by atoms with E-state index in [1.54, 1.807) is 18.3 Å². The Kier molecular flexibility index (Phi) is 2.19. The maximum absolute atomic E-state index is 10.6. The second kappa shape index (κ2) is 3.51. The first-order valence-corrected chi connectivity index (χ1v) is 4.56. The van der Waals surface area contributed by atoms with E-state index < -0.39 is 5.97 Å². The zero-order chi connectivity index (χ0) is 9.97. The van der Waals surface area contributed by atoms with Gasteiger partial charge in [-0.25, -0.2) is 9.78 Å². The number of hydrogen-bond acceptors (Lipinski definition) is 5. The lowest BCUT2D eigenvalue weighted by Gasteiger charge is -1.90. The summed E-state index contributed by atoms with van der Waals surface area (Å²) in [5.74, 6) is -0.974. The second-order valence-corrected chi connectivity index (χ2v) is 3.47. The van der Waals surface area contributed by atoms with E-state index >= 15 is 0 Å². The van der Waals surface area contributed by atoms with Crippen LogP contribution in [-0.2, 0) is 0 Å². The molecule has 70 valence electrons. The van der Waals surface area contributed by atoms with Gasteiger partial charge in [-0.3, -0.25) is 0 Å². The molecule has 0 amide bonds. The van der Waals surface area contributed by atoms with E-state index in [2.05, 4.69) is 15.2 Å². The van der Waals surface area contributed by atoms with Crippen LogP contribution in [-0.4, -0.2) is 26.3 Å². The van der Waals surface area contributed by atoms with E-state index in [9.17, 15) is 4.79 Å². The third kappa shape index (κ3) is 1.60. The number of rotatable bonds is 2. The van der Waals surface area contributed by atoms with Gasteiger partial charge in [0, 0.05) is 6.20 Å². The van der Waals surface area contributed by atoms with Gasteiger partial charge in [-0.05, 0) is 12.1 Å². The van der Waals surface area contributed by atoms with Gasteiger partial charge >= 0.3 is 5.97 Å². The van der Waals surface area contributed by atoms with Crippen LogP contribution in [0.3, 0.4) is 0 Å². The minimum absolute atomic E-state index is 0.200. The highest BCUT2D eigenvalue weighted by atomic mass is 32.1. The molecule has 2 aromatic rings. The van der Waals surface area contributed by atoms with Crippen LogP contribution in [0.2, 0.25) is 0 Å². The lowest BCUT2D eigenvalue weighted by atomic mass is 10.4. The van der Waals surface area contributed by atoms with E-state index in [-0.39, 0.29) is 4.88 Å². The summed E-state index contributed by atoms with van der Waals surface area (Å²) >= 11 is 1.08. The first kappa shape index (κ1) is 8.76. The van der Waals surface area contributed by atoms with Crippen LogP contribution in [0.25, 0.3) is 10.7 Å². The van der Waals surface area contributed by atoms with Crippen molar-refractivity contribution in [2.45, 2.75) is 0 Å². The Morgan fingerprint density at radius 1 is 1.50 bits per heavy atom. The summed E-state index contributed by atoms with van der Waals surface area (Å²) in [6.45, 7) is 0. The van der Waals surface area contributed by atoms with Crippen molar-refractivity contribution in [3.8, 4) is 10.7 Å². The van der Waals surface area contributed by atoms with Gasteiger partial charge in [-0.1, -0.05) is 0 Å². The first-order chi connectivity index (χ1) is 6.77. The molecule has 0 atom stereocenters. The summed E-state index contributed by atoms with van der Waals surface area (Å²) in [4.78, 5) is 14.7. The van der Waals surface area contributed by atoms with Crippen molar-refractivity contribution in [2.24, 2.45) is 0 Å². The third-order valence-corrected chi connectivity index (χ3v) is 2.52. The molecule has 0 spiro atoms. The summed E-state index contributed by atoms with van der Waals surface area (Å²) < 4.78 is 0. The largest absolute Gasteiger partial charge is 0.477 e. The van der Waals surface area contributed by atoms with Crippen LogP contribution in [0.15, 0.2) is 24.5 Å². The fourth-order valence-corrected chi connectivity index (χ4v) is 1.63. The van der Waals surface area contributed by atoms with Gasteiger partial charge < -0.3 is 5.11 Å². The van der Waals surface area contributed by atoms with Crippen LogP contribution in [0.4, 0.5) is 0 Å². The quantitative estimate of drug-likeness (QED) is 0.803. The highest BCUT2D eigenvalue weighted by Gasteiger charge is 2.10. The van der Waals surface area contributed by atoms with Crippen LogP contribution in [0, 0.1) is 0 Å². The Bertz CT molecular complexity index is 455. The minimum Gasteiger partial charge on any atom is -0.477 e. The maximum Gasteiger partial charge on any atom is 0.347 e. The number of hydrogen-bond donors (Lipinski definition) is 1. The second-order valence-electron chi connectivity index (χ2n) is 2.44. The topological polar surface area (TPSA) is 76.0 Å². The zero-order valence-corrected chi connectivity index (χ0v) is 7.73. The fourth-order valence-electron chi connectivity index (χ4n) is 0.907. The van der Waals surface area contributed by atoms with E-state index in [0.717, 1.165) is 11.3 Å². The molecule has 1 N–H and O–H groups in total. The van der Waals surface area contributed by atoms with E-state index in [0.29, 0.717) is 10.7 Å². The SMILES string of the molecule is O=C(O)c1cnc(-c2cccnn2)s1. The molecule has 0 radical (unpaired) electrons. The molecule has 2 aromatic heterocycles. The number of carboxylic acid groups (broad SMARTS) is 1. The molecule has 5 nitrogen and oxygen atoms in total. The van der Waals surface area contributed by atoms with Crippen molar-refractivity contribution >= 4 is 17.3 Å². The van der Waals surface area contributed by atoms with Crippen molar-refractivity contribution in [3.05, 3.63) is 29.4 Å². The minimum atomic E-state index is -0.974. The highest BCUT2D eigenvalue weighted by Crippen LogP contribution is 2.22. The van der Waals surface area contributed by atoms with Crippen molar-refractivity contribution in [2.75, 3.05) is 0 Å². The standard InChI is InChI=1S/C8H5N3O2S/c12-8(13)6-4-9-7(14-6)5-2-1-3-10-11-5/h1-4H,(H,12,13). The molecule has 0 unspecified atom stereocenters. The van der Waals surface area contributed by atoms with Gasteiger partial charge in [-0.15, -0.1) is 16.4 Å². The molecular formula is C8H5N3O2S. The third-order valence-electron chi connectivity index (χ3n) is 1.51. The predicted molar refractivity (Wildman–Crippen MR) is 50.1 cm³/mol. The Hall–Kier alpha value is -1.82. The lowest BCUT2D eigenvalue weighted by molar-refractivity contribution is 0.0702. The number of carbonyl (C=O) groups is 1. The van der Waals surface area contributed by atoms with Crippen molar-refractivity contribution < 1.29 is 9.90 Å². The van der Waals surface area contributed by atoms with Gasteiger partial charge in [0.2, 0.25) is 0 Å². The van der Waals surface area contributed by atoms with Crippen LogP contribution < -0.4 is 0 Å². The molecule has 0 aliphatic carbocycles.